The van der Waals surface area contributed by atoms with Gasteiger partial charge in [0.15, 0.2) is 0 Å². The van der Waals surface area contributed by atoms with Gasteiger partial charge in [0.2, 0.25) is 5.91 Å². The normalized spacial score (nSPS) is 16.7. The molecule has 1 amide bonds. The van der Waals surface area contributed by atoms with Crippen LogP contribution in [-0.2, 0) is 9.59 Å². The zero-order chi connectivity index (χ0) is 14.3. The molecular formula is C13H16N2O3S. The lowest BCUT2D eigenvalue weighted by atomic mass is 10.1. The van der Waals surface area contributed by atoms with Crippen LogP contribution in [0.25, 0.3) is 0 Å². The summed E-state index contributed by atoms with van der Waals surface area (Å²) in [5, 5.41) is 9.20. The van der Waals surface area contributed by atoms with Crippen molar-refractivity contribution in [1.82, 2.24) is 4.90 Å². The van der Waals surface area contributed by atoms with Crippen LogP contribution in [0.3, 0.4) is 0 Å². The van der Waals surface area contributed by atoms with Crippen molar-refractivity contribution >= 4 is 30.7 Å². The van der Waals surface area contributed by atoms with E-state index in [1.165, 1.54) is 4.90 Å². The average molecular weight is 280 g/mol. The van der Waals surface area contributed by atoms with E-state index < -0.39 is 5.97 Å². The van der Waals surface area contributed by atoms with Crippen LogP contribution in [-0.4, -0.2) is 46.9 Å². The minimum atomic E-state index is -1.12. The van der Waals surface area contributed by atoms with Gasteiger partial charge in [0.25, 0.3) is 0 Å². The van der Waals surface area contributed by atoms with Crippen molar-refractivity contribution in [3.8, 4) is 0 Å². The highest BCUT2D eigenvalue weighted by atomic mass is 32.1. The van der Waals surface area contributed by atoms with E-state index in [1.807, 2.05) is 0 Å². The van der Waals surface area contributed by atoms with Crippen LogP contribution in [0.2, 0.25) is 0 Å². The number of hydrogen-bond acceptors (Lipinski definition) is 4. The Morgan fingerprint density at radius 3 is 2.68 bits per heavy atom. The Hall–Kier alpha value is -1.82. The summed E-state index contributed by atoms with van der Waals surface area (Å²) in [5.74, 6) is -1.05. The quantitative estimate of drug-likeness (QED) is 0.243. The topological polar surface area (TPSA) is 70.0 Å². The van der Waals surface area contributed by atoms with Gasteiger partial charge >= 0.3 is 5.97 Å². The maximum absolute atomic E-state index is 11.4. The number of carbonyl (C=O) groups is 2. The Morgan fingerprint density at radius 1 is 1.53 bits per heavy atom. The summed E-state index contributed by atoms with van der Waals surface area (Å²) in [6, 6.07) is 0. The van der Waals surface area contributed by atoms with E-state index in [4.69, 9.17) is 0 Å². The Balaban J connectivity index is 2.86. The molecule has 6 heteroatoms. The third-order valence-electron chi connectivity index (χ3n) is 2.57. The number of hydrogen-bond donors (Lipinski definition) is 2. The Kier molecular flexibility index (Phi) is 6.08. The molecule has 1 N–H and O–H groups in total. The number of amides is 1. The van der Waals surface area contributed by atoms with E-state index in [1.54, 1.807) is 24.4 Å². The van der Waals surface area contributed by atoms with Crippen LogP contribution in [0.5, 0.6) is 0 Å². The summed E-state index contributed by atoms with van der Waals surface area (Å²) in [5.41, 5.74) is 0.531. The molecule has 0 aliphatic carbocycles. The second kappa shape index (κ2) is 7.58. The number of β-lactam (4-membered cyclic amide) rings is 1. The first-order chi connectivity index (χ1) is 9.11. The lowest BCUT2D eigenvalue weighted by Crippen LogP contribution is -2.45. The molecule has 0 aromatic heterocycles. The molecule has 0 aromatic carbocycles. The van der Waals surface area contributed by atoms with Gasteiger partial charge in [0, 0.05) is 24.9 Å². The summed E-state index contributed by atoms with van der Waals surface area (Å²) in [6.45, 7) is 4.17. The molecule has 5 nitrogen and oxygen atoms in total. The standard InChI is InChI=1S/C13H16N2O3S/c1-2-3-4-6-14-8-10(9-19)12(13(17)18)15-7-5-11(15)16/h2-4,6,19H,1,5,7-9H2,(H,17,18)/b4-3-,12-10-,14-6?. The number of allylic oxidation sites excluding steroid dienone is 3. The molecule has 0 unspecified atom stereocenters. The highest BCUT2D eigenvalue weighted by molar-refractivity contribution is 7.80. The number of carbonyl (C=O) groups excluding carboxylic acids is 1. The molecule has 1 heterocycles. The molecule has 1 fully saturated rings. The first-order valence-corrected chi connectivity index (χ1v) is 6.39. The largest absolute Gasteiger partial charge is 0.477 e. The Bertz CT molecular complexity index is 467. The van der Waals surface area contributed by atoms with E-state index >= 15 is 0 Å². The van der Waals surface area contributed by atoms with Crippen molar-refractivity contribution < 1.29 is 14.7 Å². The molecular weight excluding hydrogens is 264 g/mol. The van der Waals surface area contributed by atoms with E-state index in [0.29, 0.717) is 18.5 Å². The molecule has 102 valence electrons. The summed E-state index contributed by atoms with van der Waals surface area (Å²) in [6.07, 6.45) is 6.97. The van der Waals surface area contributed by atoms with Gasteiger partial charge in [-0.15, -0.1) is 0 Å². The van der Waals surface area contributed by atoms with Gasteiger partial charge in [0.05, 0.1) is 6.54 Å². The highest BCUT2D eigenvalue weighted by Crippen LogP contribution is 2.20. The maximum Gasteiger partial charge on any atom is 0.352 e. The van der Waals surface area contributed by atoms with Crippen molar-refractivity contribution in [3.05, 3.63) is 36.1 Å². The zero-order valence-corrected chi connectivity index (χ0v) is 11.3. The maximum atomic E-state index is 11.4. The lowest BCUT2D eigenvalue weighted by molar-refractivity contribution is -0.144. The zero-order valence-electron chi connectivity index (χ0n) is 10.5. The number of nitrogens with zero attached hydrogens (tertiary/aromatic N) is 2. The monoisotopic (exact) mass is 280 g/mol. The van der Waals surface area contributed by atoms with Gasteiger partial charge < -0.3 is 10.0 Å². The second-order valence-corrected chi connectivity index (χ2v) is 4.14. The predicted molar refractivity (Wildman–Crippen MR) is 77.5 cm³/mol. The number of carboxylic acid groups (broad SMARTS) is 1. The molecule has 1 aliphatic heterocycles. The van der Waals surface area contributed by atoms with Crippen molar-refractivity contribution in [1.29, 1.82) is 0 Å². The number of likely N-dealkylation sites (tertiary alicyclic amines) is 1. The third kappa shape index (κ3) is 4.10. The predicted octanol–water partition coefficient (Wildman–Crippen LogP) is 1.30. The summed E-state index contributed by atoms with van der Waals surface area (Å²) >= 11 is 4.11. The number of aliphatic imine (C=N–C) groups is 1. The van der Waals surface area contributed by atoms with Crippen LogP contribution >= 0.6 is 12.6 Å². The van der Waals surface area contributed by atoms with Gasteiger partial charge in [-0.25, -0.2) is 4.79 Å². The lowest BCUT2D eigenvalue weighted by Gasteiger charge is -2.32. The number of aliphatic carboxylic acids is 1. The smallest absolute Gasteiger partial charge is 0.352 e. The SMILES string of the molecule is C=C/C=C\C=NC/C(CS)=C(\C(=O)O)N1CCC1=O. The molecule has 0 spiro atoms. The van der Waals surface area contributed by atoms with Gasteiger partial charge in [-0.05, 0) is 11.6 Å². The van der Waals surface area contributed by atoms with E-state index in [2.05, 4.69) is 24.2 Å². The minimum absolute atomic E-state index is 0.0103. The number of thiol groups is 1. The molecule has 1 rings (SSSR count). The minimum Gasteiger partial charge on any atom is -0.477 e. The van der Waals surface area contributed by atoms with Crippen LogP contribution in [0.15, 0.2) is 41.1 Å². The third-order valence-corrected chi connectivity index (χ3v) is 2.95. The first kappa shape index (κ1) is 15.2. The van der Waals surface area contributed by atoms with Crippen LogP contribution in [0.1, 0.15) is 6.42 Å². The Morgan fingerprint density at radius 2 is 2.26 bits per heavy atom. The van der Waals surface area contributed by atoms with Crippen LogP contribution < -0.4 is 0 Å². The number of rotatable bonds is 7. The Labute approximate surface area is 117 Å². The molecule has 1 aliphatic rings. The second-order valence-electron chi connectivity index (χ2n) is 3.82. The molecule has 0 atom stereocenters. The van der Waals surface area contributed by atoms with Crippen molar-refractivity contribution in [2.75, 3.05) is 18.8 Å². The van der Waals surface area contributed by atoms with Crippen LogP contribution in [0.4, 0.5) is 0 Å². The fourth-order valence-corrected chi connectivity index (χ4v) is 1.81. The summed E-state index contributed by atoms with van der Waals surface area (Å²) in [7, 11) is 0. The average Bonchev–Trinajstić information content (AvgIpc) is 2.38. The fourth-order valence-electron chi connectivity index (χ4n) is 1.56. The van der Waals surface area contributed by atoms with Gasteiger partial charge in [-0.3, -0.25) is 9.79 Å². The van der Waals surface area contributed by atoms with Gasteiger partial charge in [-0.1, -0.05) is 18.7 Å². The van der Waals surface area contributed by atoms with E-state index in [0.717, 1.165) is 0 Å². The molecule has 0 saturated carbocycles. The van der Waals surface area contributed by atoms with Crippen molar-refractivity contribution in [2.45, 2.75) is 6.42 Å². The van der Waals surface area contributed by atoms with E-state index in [9.17, 15) is 14.7 Å². The summed E-state index contributed by atoms with van der Waals surface area (Å²) in [4.78, 5) is 28.0. The fraction of sp³-hybridized carbons (Fsp3) is 0.308. The van der Waals surface area contributed by atoms with E-state index in [-0.39, 0.29) is 23.9 Å². The molecule has 1 saturated heterocycles. The van der Waals surface area contributed by atoms with Crippen molar-refractivity contribution in [2.24, 2.45) is 4.99 Å². The first-order valence-electron chi connectivity index (χ1n) is 5.75. The summed E-state index contributed by atoms with van der Waals surface area (Å²) < 4.78 is 0. The molecule has 0 aromatic rings. The van der Waals surface area contributed by atoms with Gasteiger partial charge in [-0.2, -0.15) is 12.6 Å². The molecule has 0 bridgehead atoms. The van der Waals surface area contributed by atoms with Crippen molar-refractivity contribution in [3.63, 3.8) is 0 Å². The highest BCUT2D eigenvalue weighted by Gasteiger charge is 2.32. The number of carboxylic acids is 1. The van der Waals surface area contributed by atoms with Crippen LogP contribution in [0, 0.1) is 0 Å². The van der Waals surface area contributed by atoms with Gasteiger partial charge in [0.1, 0.15) is 5.70 Å². The molecule has 19 heavy (non-hydrogen) atoms. The molecule has 0 radical (unpaired) electrons.